The Labute approximate surface area is 121 Å². The first kappa shape index (κ1) is 16.3. The Morgan fingerprint density at radius 2 is 1.95 bits per heavy atom. The average molecular weight is 282 g/mol. The van der Waals surface area contributed by atoms with E-state index in [-0.39, 0.29) is 5.91 Å². The number of anilines is 1. The number of carbonyl (C=O) groups is 1. The van der Waals surface area contributed by atoms with Crippen molar-refractivity contribution >= 4 is 11.7 Å². The minimum atomic E-state index is -0.0479. The summed E-state index contributed by atoms with van der Waals surface area (Å²) in [6, 6.07) is 0. The van der Waals surface area contributed by atoms with Gasteiger partial charge < -0.3 is 15.0 Å². The summed E-state index contributed by atoms with van der Waals surface area (Å²) < 4.78 is 7.12. The summed E-state index contributed by atoms with van der Waals surface area (Å²) in [7, 11) is 3.51. The van der Waals surface area contributed by atoms with E-state index in [0.29, 0.717) is 12.4 Å². The van der Waals surface area contributed by atoms with Gasteiger partial charge in [0, 0.05) is 27.1 Å². The SMILES string of the molecule is CC.COc1nn(C)c(N2CCCC2)c1CNC(C)=O. The summed E-state index contributed by atoms with van der Waals surface area (Å²) in [6.45, 7) is 8.04. The number of ether oxygens (including phenoxy) is 1. The fraction of sp³-hybridized carbons (Fsp3) is 0.714. The molecule has 0 atom stereocenters. The molecule has 1 aromatic rings. The van der Waals surface area contributed by atoms with E-state index >= 15 is 0 Å². The molecule has 1 fully saturated rings. The van der Waals surface area contributed by atoms with Crippen molar-refractivity contribution < 1.29 is 9.53 Å². The summed E-state index contributed by atoms with van der Waals surface area (Å²) in [5, 5.41) is 7.17. The van der Waals surface area contributed by atoms with Crippen molar-refractivity contribution in [3.05, 3.63) is 5.56 Å². The Balaban J connectivity index is 0.000000956. The molecule has 1 aliphatic heterocycles. The highest BCUT2D eigenvalue weighted by Gasteiger charge is 2.24. The minimum Gasteiger partial charge on any atom is -0.480 e. The first-order valence-corrected chi connectivity index (χ1v) is 7.22. The van der Waals surface area contributed by atoms with Gasteiger partial charge >= 0.3 is 0 Å². The number of carbonyl (C=O) groups excluding carboxylic acids is 1. The summed E-state index contributed by atoms with van der Waals surface area (Å²) in [5.74, 6) is 1.60. The van der Waals surface area contributed by atoms with Gasteiger partial charge in [0.15, 0.2) is 0 Å². The third-order valence-electron chi connectivity index (χ3n) is 3.19. The Bertz CT molecular complexity index is 437. The molecule has 0 bridgehead atoms. The van der Waals surface area contributed by atoms with Gasteiger partial charge in [0.25, 0.3) is 0 Å². The van der Waals surface area contributed by atoms with Crippen LogP contribution in [-0.4, -0.2) is 35.9 Å². The van der Waals surface area contributed by atoms with Gasteiger partial charge in [-0.2, -0.15) is 0 Å². The normalized spacial score (nSPS) is 13.8. The molecule has 0 spiro atoms. The van der Waals surface area contributed by atoms with Crippen LogP contribution < -0.4 is 15.0 Å². The number of hydrogen-bond donors (Lipinski definition) is 1. The zero-order valence-electron chi connectivity index (χ0n) is 13.2. The molecule has 2 rings (SSSR count). The predicted molar refractivity (Wildman–Crippen MR) is 80.1 cm³/mol. The second kappa shape index (κ2) is 7.77. The van der Waals surface area contributed by atoms with Crippen LogP contribution in [0.25, 0.3) is 0 Å². The maximum absolute atomic E-state index is 11.1. The molecule has 1 aromatic heterocycles. The second-order valence-electron chi connectivity index (χ2n) is 4.54. The first-order valence-electron chi connectivity index (χ1n) is 7.22. The van der Waals surface area contributed by atoms with E-state index < -0.39 is 0 Å². The van der Waals surface area contributed by atoms with E-state index in [0.717, 1.165) is 24.5 Å². The molecule has 20 heavy (non-hydrogen) atoms. The number of methoxy groups -OCH3 is 1. The number of nitrogens with zero attached hydrogens (tertiary/aromatic N) is 3. The van der Waals surface area contributed by atoms with Gasteiger partial charge in [-0.1, -0.05) is 13.8 Å². The van der Waals surface area contributed by atoms with E-state index in [2.05, 4.69) is 15.3 Å². The van der Waals surface area contributed by atoms with Gasteiger partial charge in [0.05, 0.1) is 19.2 Å². The van der Waals surface area contributed by atoms with E-state index in [1.54, 1.807) is 7.11 Å². The molecule has 1 saturated heterocycles. The number of rotatable bonds is 4. The van der Waals surface area contributed by atoms with Gasteiger partial charge in [-0.25, -0.2) is 4.68 Å². The third kappa shape index (κ3) is 3.65. The lowest BCUT2D eigenvalue weighted by Crippen LogP contribution is -2.25. The highest BCUT2D eigenvalue weighted by molar-refractivity contribution is 5.73. The number of amides is 1. The van der Waals surface area contributed by atoms with Crippen LogP contribution in [-0.2, 0) is 18.4 Å². The molecule has 114 valence electrons. The second-order valence-corrected chi connectivity index (χ2v) is 4.54. The third-order valence-corrected chi connectivity index (χ3v) is 3.19. The summed E-state index contributed by atoms with van der Waals surface area (Å²) in [4.78, 5) is 13.4. The standard InChI is InChI=1S/C12H20N4O2.C2H6/c1-9(17)13-8-10-11(18-3)14-15(2)12(10)16-6-4-5-7-16;1-2/h4-8H2,1-3H3,(H,13,17);1-2H3. The van der Waals surface area contributed by atoms with Gasteiger partial charge in [-0.05, 0) is 12.8 Å². The molecule has 6 heteroatoms. The van der Waals surface area contributed by atoms with Crippen molar-refractivity contribution in [1.82, 2.24) is 15.1 Å². The molecule has 1 N–H and O–H groups in total. The van der Waals surface area contributed by atoms with Crippen LogP contribution in [0.15, 0.2) is 0 Å². The first-order chi connectivity index (χ1) is 9.63. The molecular weight excluding hydrogens is 256 g/mol. The zero-order chi connectivity index (χ0) is 15.1. The fourth-order valence-corrected chi connectivity index (χ4v) is 2.39. The summed E-state index contributed by atoms with van der Waals surface area (Å²) >= 11 is 0. The van der Waals surface area contributed by atoms with Crippen LogP contribution in [0.1, 0.15) is 39.2 Å². The number of aryl methyl sites for hydroxylation is 1. The van der Waals surface area contributed by atoms with Crippen molar-refractivity contribution in [2.24, 2.45) is 7.05 Å². The zero-order valence-corrected chi connectivity index (χ0v) is 13.2. The Morgan fingerprint density at radius 3 is 2.45 bits per heavy atom. The van der Waals surface area contributed by atoms with Crippen molar-refractivity contribution in [3.63, 3.8) is 0 Å². The van der Waals surface area contributed by atoms with E-state index in [9.17, 15) is 4.79 Å². The number of nitrogens with one attached hydrogen (secondary N) is 1. The van der Waals surface area contributed by atoms with Crippen molar-refractivity contribution in [1.29, 1.82) is 0 Å². The van der Waals surface area contributed by atoms with Gasteiger partial charge in [-0.15, -0.1) is 5.10 Å². The molecule has 0 aliphatic carbocycles. The fourth-order valence-electron chi connectivity index (χ4n) is 2.39. The molecule has 1 amide bonds. The van der Waals surface area contributed by atoms with E-state index in [1.165, 1.54) is 19.8 Å². The lowest BCUT2D eigenvalue weighted by molar-refractivity contribution is -0.119. The quantitative estimate of drug-likeness (QED) is 0.913. The highest BCUT2D eigenvalue weighted by atomic mass is 16.5. The van der Waals surface area contributed by atoms with Crippen LogP contribution >= 0.6 is 0 Å². The van der Waals surface area contributed by atoms with Crippen molar-refractivity contribution in [2.75, 3.05) is 25.1 Å². The lowest BCUT2D eigenvalue weighted by Gasteiger charge is -2.19. The topological polar surface area (TPSA) is 59.4 Å². The smallest absolute Gasteiger partial charge is 0.239 e. The molecule has 1 aliphatic rings. The summed E-state index contributed by atoms with van der Waals surface area (Å²) in [6.07, 6.45) is 2.40. The molecular formula is C14H26N4O2. The Kier molecular flexibility index (Phi) is 6.35. The minimum absolute atomic E-state index is 0.0479. The van der Waals surface area contributed by atoms with Crippen LogP contribution in [0.2, 0.25) is 0 Å². The summed E-state index contributed by atoms with van der Waals surface area (Å²) in [5.41, 5.74) is 0.956. The lowest BCUT2D eigenvalue weighted by atomic mass is 10.3. The van der Waals surface area contributed by atoms with Crippen LogP contribution in [0.4, 0.5) is 5.82 Å². The molecule has 0 saturated carbocycles. The predicted octanol–water partition coefficient (Wildman–Crippen LogP) is 1.69. The Morgan fingerprint density at radius 1 is 1.35 bits per heavy atom. The molecule has 6 nitrogen and oxygen atoms in total. The van der Waals surface area contributed by atoms with Crippen LogP contribution in [0.5, 0.6) is 5.88 Å². The van der Waals surface area contributed by atoms with Gasteiger partial charge in [0.1, 0.15) is 5.82 Å². The van der Waals surface area contributed by atoms with Crippen LogP contribution in [0.3, 0.4) is 0 Å². The largest absolute Gasteiger partial charge is 0.480 e. The van der Waals surface area contributed by atoms with Crippen molar-refractivity contribution in [3.8, 4) is 5.88 Å². The average Bonchev–Trinajstić information content (AvgIpc) is 3.05. The maximum Gasteiger partial charge on any atom is 0.239 e. The van der Waals surface area contributed by atoms with E-state index in [1.807, 2.05) is 25.6 Å². The molecule has 0 radical (unpaired) electrons. The highest BCUT2D eigenvalue weighted by Crippen LogP contribution is 2.30. The molecule has 0 aromatic carbocycles. The number of hydrogen-bond acceptors (Lipinski definition) is 4. The molecule has 0 unspecified atom stereocenters. The van der Waals surface area contributed by atoms with Crippen LogP contribution in [0, 0.1) is 0 Å². The van der Waals surface area contributed by atoms with Crippen molar-refractivity contribution in [2.45, 2.75) is 40.2 Å². The monoisotopic (exact) mass is 282 g/mol. The van der Waals surface area contributed by atoms with Gasteiger partial charge in [-0.3, -0.25) is 4.79 Å². The molecule has 2 heterocycles. The Hall–Kier alpha value is -1.72. The van der Waals surface area contributed by atoms with E-state index in [4.69, 9.17) is 4.74 Å². The number of aromatic nitrogens is 2. The maximum atomic E-state index is 11.1. The van der Waals surface area contributed by atoms with Gasteiger partial charge in [0.2, 0.25) is 11.8 Å².